The highest BCUT2D eigenvalue weighted by molar-refractivity contribution is 5.86. The fraction of sp³-hybridized carbons (Fsp3) is 0.867. The summed E-state index contributed by atoms with van der Waals surface area (Å²) in [5.41, 5.74) is 0. The molecule has 1 saturated heterocycles. The minimum Gasteiger partial charge on any atom is -0.383 e. The molecule has 7 nitrogen and oxygen atoms in total. The van der Waals surface area contributed by atoms with Crippen LogP contribution in [0, 0.1) is 0 Å². The molecule has 0 aromatic rings. The molecule has 1 heterocycles. The number of aliphatic imine (C=N–C) groups is 1. The third-order valence-electron chi connectivity index (χ3n) is 4.04. The number of carbonyl (C=O) groups excluding carboxylic acids is 1. The van der Waals surface area contributed by atoms with Crippen LogP contribution in [-0.4, -0.2) is 87.7 Å². The van der Waals surface area contributed by atoms with E-state index in [2.05, 4.69) is 39.3 Å². The molecular weight excluding hydrogens is 282 g/mol. The fourth-order valence-corrected chi connectivity index (χ4v) is 2.82. The van der Waals surface area contributed by atoms with E-state index >= 15 is 0 Å². The minimum absolute atomic E-state index is 0.0438. The van der Waals surface area contributed by atoms with E-state index in [1.54, 1.807) is 14.2 Å². The van der Waals surface area contributed by atoms with E-state index in [1.807, 2.05) is 0 Å². The lowest BCUT2D eigenvalue weighted by molar-refractivity contribution is -0.120. The van der Waals surface area contributed by atoms with Crippen LogP contribution in [-0.2, 0) is 9.53 Å². The van der Waals surface area contributed by atoms with Crippen molar-refractivity contribution in [3.63, 3.8) is 0 Å². The molecule has 1 fully saturated rings. The number of nitrogens with one attached hydrogen (secondary N) is 2. The Kier molecular flexibility index (Phi) is 8.84. The van der Waals surface area contributed by atoms with Crippen molar-refractivity contribution in [1.29, 1.82) is 0 Å². The maximum absolute atomic E-state index is 11.7. The van der Waals surface area contributed by atoms with Crippen molar-refractivity contribution < 1.29 is 9.53 Å². The molecule has 0 radical (unpaired) electrons. The van der Waals surface area contributed by atoms with Gasteiger partial charge in [0.25, 0.3) is 0 Å². The summed E-state index contributed by atoms with van der Waals surface area (Å²) in [6.45, 7) is 9.78. The van der Waals surface area contributed by atoms with E-state index < -0.39 is 0 Å². The minimum atomic E-state index is -0.0438. The number of hydrogen-bond donors (Lipinski definition) is 2. The number of amides is 1. The lowest BCUT2D eigenvalue weighted by Gasteiger charge is -2.27. The highest BCUT2D eigenvalue weighted by Crippen LogP contribution is 2.15. The predicted octanol–water partition coefficient (Wildman–Crippen LogP) is -0.259. The number of hydrogen-bond acceptors (Lipinski definition) is 4. The molecular formula is C15H31N5O2. The zero-order valence-electron chi connectivity index (χ0n) is 14.4. The molecule has 1 aliphatic rings. The second kappa shape index (κ2) is 10.4. The third-order valence-corrected chi connectivity index (χ3v) is 4.04. The molecule has 1 unspecified atom stereocenters. The lowest BCUT2D eigenvalue weighted by Crippen LogP contribution is -2.46. The summed E-state index contributed by atoms with van der Waals surface area (Å²) in [7, 11) is 3.38. The highest BCUT2D eigenvalue weighted by Gasteiger charge is 2.28. The summed E-state index contributed by atoms with van der Waals surface area (Å²) in [5.74, 6) is 0.759. The van der Waals surface area contributed by atoms with Gasteiger partial charge in [-0.1, -0.05) is 13.8 Å². The zero-order chi connectivity index (χ0) is 16.4. The first-order valence-electron chi connectivity index (χ1n) is 8.11. The van der Waals surface area contributed by atoms with Crippen LogP contribution in [0.25, 0.3) is 0 Å². The first kappa shape index (κ1) is 18.7. The lowest BCUT2D eigenvalue weighted by atomic mass is 10.2. The second-order valence-electron chi connectivity index (χ2n) is 5.35. The van der Waals surface area contributed by atoms with E-state index in [1.165, 1.54) is 0 Å². The molecule has 1 amide bonds. The maximum atomic E-state index is 11.7. The molecule has 2 N–H and O–H groups in total. The first-order chi connectivity index (χ1) is 10.7. The Bertz CT molecular complexity index is 358. The van der Waals surface area contributed by atoms with Gasteiger partial charge in [0.1, 0.15) is 0 Å². The van der Waals surface area contributed by atoms with Gasteiger partial charge in [0, 0.05) is 39.8 Å². The van der Waals surface area contributed by atoms with Gasteiger partial charge in [0.05, 0.1) is 13.2 Å². The van der Waals surface area contributed by atoms with Gasteiger partial charge in [-0.05, 0) is 19.5 Å². The van der Waals surface area contributed by atoms with Crippen LogP contribution >= 0.6 is 0 Å². The van der Waals surface area contributed by atoms with Gasteiger partial charge in [0.2, 0.25) is 5.91 Å². The number of guanidine groups is 1. The maximum Gasteiger partial charge on any atom is 0.239 e. The summed E-state index contributed by atoms with van der Waals surface area (Å²) < 4.78 is 4.90. The SMILES string of the molecule is CCN(CC)C1CCN(C(=NC)NCC(=O)NCCOC)C1. The Balaban J connectivity index is 2.38. The van der Waals surface area contributed by atoms with E-state index in [0.29, 0.717) is 19.2 Å². The summed E-state index contributed by atoms with van der Waals surface area (Å²) in [5, 5.41) is 5.93. The van der Waals surface area contributed by atoms with Gasteiger partial charge < -0.3 is 20.3 Å². The topological polar surface area (TPSA) is 69.2 Å². The molecule has 0 saturated carbocycles. The normalized spacial score (nSPS) is 18.9. The molecule has 1 atom stereocenters. The summed E-state index contributed by atoms with van der Waals surface area (Å²) >= 11 is 0. The molecule has 1 rings (SSSR count). The Morgan fingerprint density at radius 1 is 1.36 bits per heavy atom. The Hall–Kier alpha value is -1.34. The zero-order valence-corrected chi connectivity index (χ0v) is 14.4. The Morgan fingerprint density at radius 3 is 2.68 bits per heavy atom. The van der Waals surface area contributed by atoms with Crippen molar-refractivity contribution in [2.45, 2.75) is 26.3 Å². The summed E-state index contributed by atoms with van der Waals surface area (Å²) in [6, 6.07) is 0.573. The highest BCUT2D eigenvalue weighted by atomic mass is 16.5. The van der Waals surface area contributed by atoms with Crippen LogP contribution in [0.4, 0.5) is 0 Å². The van der Waals surface area contributed by atoms with Crippen LogP contribution in [0.15, 0.2) is 4.99 Å². The number of carbonyl (C=O) groups is 1. The number of methoxy groups -OCH3 is 1. The van der Waals surface area contributed by atoms with Crippen molar-refractivity contribution in [2.24, 2.45) is 4.99 Å². The third kappa shape index (κ3) is 5.81. The van der Waals surface area contributed by atoms with Crippen LogP contribution in [0.1, 0.15) is 20.3 Å². The summed E-state index contributed by atoms with van der Waals surface area (Å²) in [6.07, 6.45) is 1.14. The van der Waals surface area contributed by atoms with Gasteiger partial charge >= 0.3 is 0 Å². The van der Waals surface area contributed by atoms with Crippen LogP contribution < -0.4 is 10.6 Å². The van der Waals surface area contributed by atoms with Crippen LogP contribution in [0.3, 0.4) is 0 Å². The number of likely N-dealkylation sites (tertiary alicyclic amines) is 1. The molecule has 0 aliphatic carbocycles. The van der Waals surface area contributed by atoms with Crippen molar-refractivity contribution in [3.8, 4) is 0 Å². The van der Waals surface area contributed by atoms with E-state index in [-0.39, 0.29) is 12.5 Å². The second-order valence-corrected chi connectivity index (χ2v) is 5.35. The molecule has 22 heavy (non-hydrogen) atoms. The van der Waals surface area contributed by atoms with E-state index in [9.17, 15) is 4.79 Å². The standard InChI is InChI=1S/C15H31N5O2/c1-5-19(6-2)13-7-9-20(12-13)15(16-3)18-11-14(21)17-8-10-22-4/h13H,5-12H2,1-4H3,(H,16,18)(H,17,21). The average molecular weight is 313 g/mol. The molecule has 0 aromatic carbocycles. The largest absolute Gasteiger partial charge is 0.383 e. The van der Waals surface area contributed by atoms with E-state index in [0.717, 1.165) is 38.6 Å². The van der Waals surface area contributed by atoms with Gasteiger partial charge in [-0.25, -0.2) is 0 Å². The van der Waals surface area contributed by atoms with Crippen molar-refractivity contribution >= 4 is 11.9 Å². The smallest absolute Gasteiger partial charge is 0.239 e. The van der Waals surface area contributed by atoms with Crippen LogP contribution in [0.5, 0.6) is 0 Å². The number of likely N-dealkylation sites (N-methyl/N-ethyl adjacent to an activating group) is 1. The number of ether oxygens (including phenoxy) is 1. The summed E-state index contributed by atoms with van der Waals surface area (Å²) in [4.78, 5) is 20.7. The first-order valence-corrected chi connectivity index (χ1v) is 8.11. The monoisotopic (exact) mass is 313 g/mol. The molecule has 1 aliphatic heterocycles. The van der Waals surface area contributed by atoms with Gasteiger partial charge in [-0.3, -0.25) is 14.7 Å². The Morgan fingerprint density at radius 2 is 2.09 bits per heavy atom. The molecule has 7 heteroatoms. The molecule has 0 spiro atoms. The van der Waals surface area contributed by atoms with E-state index in [4.69, 9.17) is 4.74 Å². The van der Waals surface area contributed by atoms with Gasteiger partial charge in [0.15, 0.2) is 5.96 Å². The van der Waals surface area contributed by atoms with Crippen molar-refractivity contribution in [1.82, 2.24) is 20.4 Å². The predicted molar refractivity (Wildman–Crippen MR) is 89.1 cm³/mol. The molecule has 128 valence electrons. The molecule has 0 bridgehead atoms. The fourth-order valence-electron chi connectivity index (χ4n) is 2.82. The van der Waals surface area contributed by atoms with Gasteiger partial charge in [-0.15, -0.1) is 0 Å². The van der Waals surface area contributed by atoms with Crippen LogP contribution in [0.2, 0.25) is 0 Å². The number of nitrogens with zero attached hydrogens (tertiary/aromatic N) is 3. The van der Waals surface area contributed by atoms with Crippen molar-refractivity contribution in [3.05, 3.63) is 0 Å². The number of rotatable bonds is 8. The average Bonchev–Trinajstić information content (AvgIpc) is 2.99. The van der Waals surface area contributed by atoms with Crippen molar-refractivity contribution in [2.75, 3.05) is 60.0 Å². The van der Waals surface area contributed by atoms with Gasteiger partial charge in [-0.2, -0.15) is 0 Å². The Labute approximate surface area is 134 Å². The molecule has 0 aromatic heterocycles. The quantitative estimate of drug-likeness (QED) is 0.367.